The lowest BCUT2D eigenvalue weighted by Crippen LogP contribution is -2.27. The summed E-state index contributed by atoms with van der Waals surface area (Å²) in [5.41, 5.74) is 1.62. The lowest BCUT2D eigenvalue weighted by molar-refractivity contribution is -0.116. The van der Waals surface area contributed by atoms with Gasteiger partial charge in [0.1, 0.15) is 16.4 Å². The molecular weight excluding hydrogens is 394 g/mol. The zero-order chi connectivity index (χ0) is 19.7. The molecule has 0 spiro atoms. The largest absolute Gasteiger partial charge is 0.299 e. The van der Waals surface area contributed by atoms with Crippen LogP contribution in [0, 0.1) is 6.92 Å². The Morgan fingerprint density at radius 3 is 2.68 bits per heavy atom. The SMILES string of the molecule is CCc1nnc(NC(=O)Cn2cnc3sc(C)c(-c4ccccc4)c3c2=O)s1. The van der Waals surface area contributed by atoms with Crippen molar-refractivity contribution >= 4 is 43.9 Å². The molecule has 9 heteroatoms. The highest BCUT2D eigenvalue weighted by molar-refractivity contribution is 7.19. The van der Waals surface area contributed by atoms with Gasteiger partial charge in [0.05, 0.1) is 11.7 Å². The van der Waals surface area contributed by atoms with Gasteiger partial charge >= 0.3 is 0 Å². The van der Waals surface area contributed by atoms with E-state index in [1.54, 1.807) is 0 Å². The lowest BCUT2D eigenvalue weighted by atomic mass is 10.0. The van der Waals surface area contributed by atoms with Crippen molar-refractivity contribution in [1.29, 1.82) is 0 Å². The van der Waals surface area contributed by atoms with E-state index in [-0.39, 0.29) is 18.0 Å². The van der Waals surface area contributed by atoms with E-state index in [1.165, 1.54) is 33.6 Å². The zero-order valence-electron chi connectivity index (χ0n) is 15.3. The fraction of sp³-hybridized carbons (Fsp3) is 0.211. The Morgan fingerprint density at radius 2 is 1.96 bits per heavy atom. The number of carbonyl (C=O) groups is 1. The molecule has 0 atom stereocenters. The minimum absolute atomic E-state index is 0.133. The predicted octanol–water partition coefficient (Wildman–Crippen LogP) is 3.49. The van der Waals surface area contributed by atoms with Crippen molar-refractivity contribution in [2.45, 2.75) is 26.8 Å². The Bertz CT molecular complexity index is 1210. The number of thiophene rings is 1. The number of hydrogen-bond donors (Lipinski definition) is 1. The van der Waals surface area contributed by atoms with Crippen LogP contribution in [0.5, 0.6) is 0 Å². The maximum absolute atomic E-state index is 13.1. The Balaban J connectivity index is 1.68. The van der Waals surface area contributed by atoms with Crippen molar-refractivity contribution in [1.82, 2.24) is 19.7 Å². The number of carbonyl (C=O) groups excluding carboxylic acids is 1. The van der Waals surface area contributed by atoms with Crippen molar-refractivity contribution in [2.24, 2.45) is 0 Å². The van der Waals surface area contributed by atoms with Crippen molar-refractivity contribution in [2.75, 3.05) is 5.32 Å². The van der Waals surface area contributed by atoms with Crippen molar-refractivity contribution < 1.29 is 4.79 Å². The molecule has 3 heterocycles. The number of anilines is 1. The van der Waals surface area contributed by atoms with Gasteiger partial charge in [-0.25, -0.2) is 4.98 Å². The maximum atomic E-state index is 13.1. The molecule has 0 aliphatic carbocycles. The molecule has 142 valence electrons. The second kappa shape index (κ2) is 7.61. The van der Waals surface area contributed by atoms with Gasteiger partial charge in [0.15, 0.2) is 0 Å². The van der Waals surface area contributed by atoms with E-state index >= 15 is 0 Å². The third-order valence-electron chi connectivity index (χ3n) is 4.25. The first-order chi connectivity index (χ1) is 13.6. The van der Waals surface area contributed by atoms with Crippen LogP contribution in [0.3, 0.4) is 0 Å². The Morgan fingerprint density at radius 1 is 1.18 bits per heavy atom. The fourth-order valence-corrected chi connectivity index (χ4v) is 4.66. The summed E-state index contributed by atoms with van der Waals surface area (Å²) >= 11 is 2.81. The van der Waals surface area contributed by atoms with Gasteiger partial charge in [-0.1, -0.05) is 48.6 Å². The molecule has 28 heavy (non-hydrogen) atoms. The van der Waals surface area contributed by atoms with Gasteiger partial charge in [-0.05, 0) is 18.9 Å². The summed E-state index contributed by atoms with van der Waals surface area (Å²) in [6, 6.07) is 9.75. The van der Waals surface area contributed by atoms with Crippen molar-refractivity contribution in [3.8, 4) is 11.1 Å². The lowest BCUT2D eigenvalue weighted by Gasteiger charge is -2.06. The minimum Gasteiger partial charge on any atom is -0.299 e. The number of hydrogen-bond acceptors (Lipinski definition) is 7. The van der Waals surface area contributed by atoms with Crippen LogP contribution in [-0.4, -0.2) is 25.7 Å². The molecule has 3 aromatic heterocycles. The minimum atomic E-state index is -0.338. The molecule has 0 aliphatic heterocycles. The molecule has 0 unspecified atom stereocenters. The standard InChI is InChI=1S/C19H17N5O2S2/c1-3-14-22-23-19(28-14)21-13(25)9-24-10-20-17-16(18(24)26)15(11(2)27-17)12-7-5-4-6-8-12/h4-8,10H,3,9H2,1-2H3,(H,21,23,25). The van der Waals surface area contributed by atoms with Gasteiger partial charge in [-0.3, -0.25) is 19.5 Å². The van der Waals surface area contributed by atoms with E-state index in [9.17, 15) is 9.59 Å². The molecule has 4 aromatic rings. The molecule has 0 saturated heterocycles. The summed E-state index contributed by atoms with van der Waals surface area (Å²) < 4.78 is 1.33. The predicted molar refractivity (Wildman–Crippen MR) is 112 cm³/mol. The molecule has 1 amide bonds. The Hall–Kier alpha value is -2.91. The Labute approximate surface area is 168 Å². The van der Waals surface area contributed by atoms with Gasteiger partial charge in [-0.2, -0.15) is 0 Å². The van der Waals surface area contributed by atoms with Crippen LogP contribution in [0.4, 0.5) is 5.13 Å². The number of aryl methyl sites for hydroxylation is 2. The zero-order valence-corrected chi connectivity index (χ0v) is 16.9. The van der Waals surface area contributed by atoms with Crippen LogP contribution in [0.15, 0.2) is 41.5 Å². The highest BCUT2D eigenvalue weighted by Gasteiger charge is 2.18. The Kier molecular flexibility index (Phi) is 5.01. The normalized spacial score (nSPS) is 11.1. The van der Waals surface area contributed by atoms with Crippen LogP contribution < -0.4 is 10.9 Å². The van der Waals surface area contributed by atoms with Crippen LogP contribution >= 0.6 is 22.7 Å². The van der Waals surface area contributed by atoms with E-state index in [0.29, 0.717) is 15.3 Å². The van der Waals surface area contributed by atoms with E-state index < -0.39 is 0 Å². The average Bonchev–Trinajstić information content (AvgIpc) is 3.28. The number of amides is 1. The summed E-state index contributed by atoms with van der Waals surface area (Å²) in [7, 11) is 0. The average molecular weight is 412 g/mol. The second-order valence-electron chi connectivity index (χ2n) is 6.16. The summed E-state index contributed by atoms with van der Waals surface area (Å²) in [4.78, 5) is 31.6. The number of rotatable bonds is 5. The summed E-state index contributed by atoms with van der Waals surface area (Å²) in [6.07, 6.45) is 2.18. The monoisotopic (exact) mass is 411 g/mol. The number of fused-ring (bicyclic) bond motifs is 1. The maximum Gasteiger partial charge on any atom is 0.263 e. The first-order valence-electron chi connectivity index (χ1n) is 8.73. The summed E-state index contributed by atoms with van der Waals surface area (Å²) in [5, 5.41) is 12.4. The van der Waals surface area contributed by atoms with Gasteiger partial charge in [0.25, 0.3) is 5.56 Å². The van der Waals surface area contributed by atoms with E-state index in [1.807, 2.05) is 44.2 Å². The molecule has 4 rings (SSSR count). The van der Waals surface area contributed by atoms with E-state index in [4.69, 9.17) is 0 Å². The van der Waals surface area contributed by atoms with Crippen molar-refractivity contribution in [3.05, 3.63) is 56.9 Å². The van der Waals surface area contributed by atoms with Crippen LogP contribution in [-0.2, 0) is 17.8 Å². The van der Waals surface area contributed by atoms with Gasteiger partial charge < -0.3 is 0 Å². The third-order valence-corrected chi connectivity index (χ3v) is 6.24. The molecule has 0 saturated carbocycles. The number of nitrogens with one attached hydrogen (secondary N) is 1. The molecule has 0 fully saturated rings. The summed E-state index contributed by atoms with van der Waals surface area (Å²) in [6.45, 7) is 3.82. The second-order valence-corrected chi connectivity index (χ2v) is 8.42. The highest BCUT2D eigenvalue weighted by Crippen LogP contribution is 2.35. The fourth-order valence-electron chi connectivity index (χ4n) is 2.96. The van der Waals surface area contributed by atoms with E-state index in [2.05, 4.69) is 20.5 Å². The first kappa shape index (κ1) is 18.5. The van der Waals surface area contributed by atoms with Gasteiger partial charge in [-0.15, -0.1) is 21.5 Å². The van der Waals surface area contributed by atoms with Crippen LogP contribution in [0.25, 0.3) is 21.3 Å². The van der Waals surface area contributed by atoms with Crippen LogP contribution in [0.2, 0.25) is 0 Å². The van der Waals surface area contributed by atoms with Crippen molar-refractivity contribution in [3.63, 3.8) is 0 Å². The summed E-state index contributed by atoms with van der Waals surface area (Å²) in [5.74, 6) is -0.338. The number of nitrogens with zero attached hydrogens (tertiary/aromatic N) is 4. The smallest absolute Gasteiger partial charge is 0.263 e. The third kappa shape index (κ3) is 3.46. The quantitative estimate of drug-likeness (QED) is 0.543. The molecular formula is C19H17N5O2S2. The molecule has 7 nitrogen and oxygen atoms in total. The molecule has 0 radical (unpaired) electrons. The van der Waals surface area contributed by atoms with Gasteiger partial charge in [0, 0.05) is 10.4 Å². The molecule has 0 bridgehead atoms. The topological polar surface area (TPSA) is 89.8 Å². The molecule has 0 aliphatic rings. The van der Waals surface area contributed by atoms with E-state index in [0.717, 1.165) is 27.4 Å². The molecule has 1 N–H and O–H groups in total. The number of benzene rings is 1. The first-order valence-corrected chi connectivity index (χ1v) is 10.4. The van der Waals surface area contributed by atoms with Crippen LogP contribution in [0.1, 0.15) is 16.8 Å². The molecule has 1 aromatic carbocycles. The van der Waals surface area contributed by atoms with Gasteiger partial charge in [0.2, 0.25) is 11.0 Å². The highest BCUT2D eigenvalue weighted by atomic mass is 32.1. The number of aromatic nitrogens is 4.